The molecule has 6 rings (SSSR count). The lowest BCUT2D eigenvalue weighted by Gasteiger charge is -2.15. The summed E-state index contributed by atoms with van der Waals surface area (Å²) in [5.41, 5.74) is 3.20. The van der Waals surface area contributed by atoms with Crippen LogP contribution in [0.4, 0.5) is 4.39 Å². The topological polar surface area (TPSA) is 45.2 Å². The van der Waals surface area contributed by atoms with E-state index in [1.807, 2.05) is 30.3 Å². The van der Waals surface area contributed by atoms with Crippen molar-refractivity contribution in [2.75, 3.05) is 52.5 Å². The Morgan fingerprint density at radius 1 is 0.725 bits per heavy atom. The van der Waals surface area contributed by atoms with Crippen LogP contribution in [0.2, 0.25) is 0 Å². The van der Waals surface area contributed by atoms with Gasteiger partial charge < -0.3 is 14.6 Å². The quantitative estimate of drug-likeness (QED) is 0.215. The van der Waals surface area contributed by atoms with Crippen molar-refractivity contribution in [3.05, 3.63) is 77.6 Å². The Labute approximate surface area is 239 Å². The van der Waals surface area contributed by atoms with Gasteiger partial charge in [0, 0.05) is 18.0 Å². The van der Waals surface area contributed by atoms with Gasteiger partial charge >= 0.3 is 0 Å². The van der Waals surface area contributed by atoms with E-state index in [9.17, 15) is 9.50 Å². The molecule has 5 nitrogen and oxygen atoms in total. The van der Waals surface area contributed by atoms with Gasteiger partial charge in [-0.2, -0.15) is 0 Å². The number of ether oxygens (including phenoxy) is 2. The summed E-state index contributed by atoms with van der Waals surface area (Å²) in [7, 11) is 0. The second-order valence-electron chi connectivity index (χ2n) is 10.8. The molecule has 7 heteroatoms. The van der Waals surface area contributed by atoms with Gasteiger partial charge in [0.2, 0.25) is 0 Å². The molecule has 210 valence electrons. The van der Waals surface area contributed by atoms with Crippen LogP contribution in [-0.4, -0.2) is 67.4 Å². The van der Waals surface area contributed by atoms with E-state index in [2.05, 4.69) is 34.1 Å². The summed E-state index contributed by atoms with van der Waals surface area (Å²) in [6, 6.07) is 19.6. The minimum absolute atomic E-state index is 0.316. The highest BCUT2D eigenvalue weighted by atomic mass is 32.1. The number of thiophene rings is 1. The number of phenols is 1. The van der Waals surface area contributed by atoms with Gasteiger partial charge in [-0.3, -0.25) is 9.80 Å². The highest BCUT2D eigenvalue weighted by molar-refractivity contribution is 7.22. The minimum Gasteiger partial charge on any atom is -0.505 e. The number of fused-ring (bicyclic) bond motifs is 1. The lowest BCUT2D eigenvalue weighted by atomic mass is 9.98. The highest BCUT2D eigenvalue weighted by Crippen LogP contribution is 2.43. The molecule has 3 aromatic carbocycles. The zero-order chi connectivity index (χ0) is 27.3. The van der Waals surface area contributed by atoms with E-state index in [-0.39, 0.29) is 5.75 Å². The molecular weight excluding hydrogens is 523 g/mol. The zero-order valence-corrected chi connectivity index (χ0v) is 23.7. The third-order valence-electron chi connectivity index (χ3n) is 8.05. The van der Waals surface area contributed by atoms with E-state index >= 15 is 0 Å². The predicted molar refractivity (Wildman–Crippen MR) is 160 cm³/mol. The summed E-state index contributed by atoms with van der Waals surface area (Å²) in [5, 5.41) is 10.9. The molecule has 2 aliphatic rings. The molecule has 1 N–H and O–H groups in total. The van der Waals surface area contributed by atoms with Gasteiger partial charge in [-0.15, -0.1) is 11.3 Å². The summed E-state index contributed by atoms with van der Waals surface area (Å²) < 4.78 is 27.4. The number of rotatable bonds is 11. The van der Waals surface area contributed by atoms with Crippen molar-refractivity contribution in [1.82, 2.24) is 9.80 Å². The van der Waals surface area contributed by atoms with Gasteiger partial charge in [0.05, 0.1) is 4.70 Å². The Morgan fingerprint density at radius 2 is 1.27 bits per heavy atom. The van der Waals surface area contributed by atoms with E-state index in [1.165, 1.54) is 56.2 Å². The van der Waals surface area contributed by atoms with E-state index in [0.29, 0.717) is 24.3 Å². The molecule has 1 aromatic heterocycles. The molecule has 0 radical (unpaired) electrons. The van der Waals surface area contributed by atoms with Crippen molar-refractivity contribution >= 4 is 21.4 Å². The van der Waals surface area contributed by atoms with Crippen LogP contribution in [0.15, 0.2) is 60.7 Å². The van der Waals surface area contributed by atoms with Gasteiger partial charge in [0.1, 0.15) is 24.7 Å². The lowest BCUT2D eigenvalue weighted by molar-refractivity contribution is 0.237. The Hall–Kier alpha value is -3.13. The first-order chi connectivity index (χ1) is 19.6. The smallest absolute Gasteiger partial charge is 0.182 e. The third kappa shape index (κ3) is 6.27. The maximum absolute atomic E-state index is 15.0. The minimum atomic E-state index is -0.557. The number of hydrogen-bond acceptors (Lipinski definition) is 6. The number of nitrogens with zero attached hydrogens (tertiary/aromatic N) is 2. The summed E-state index contributed by atoms with van der Waals surface area (Å²) >= 11 is 1.39. The molecule has 40 heavy (non-hydrogen) atoms. The number of benzene rings is 3. The van der Waals surface area contributed by atoms with E-state index in [0.717, 1.165) is 64.6 Å². The Balaban J connectivity index is 1.18. The number of likely N-dealkylation sites (tertiary alicyclic amines) is 2. The van der Waals surface area contributed by atoms with Crippen LogP contribution in [0.25, 0.3) is 20.5 Å². The molecular formula is C33H37FN2O3S. The Bertz CT molecular complexity index is 1410. The molecule has 4 aromatic rings. The van der Waals surface area contributed by atoms with Crippen LogP contribution < -0.4 is 9.47 Å². The second kappa shape index (κ2) is 12.6. The largest absolute Gasteiger partial charge is 0.505 e. The van der Waals surface area contributed by atoms with Gasteiger partial charge in [0.15, 0.2) is 11.6 Å². The molecule has 0 atom stereocenters. The molecule has 0 bridgehead atoms. The van der Waals surface area contributed by atoms with Gasteiger partial charge in [-0.25, -0.2) is 4.39 Å². The first kappa shape index (κ1) is 27.1. The molecule has 2 fully saturated rings. The molecule has 2 aliphatic heterocycles. The van der Waals surface area contributed by atoms with E-state index < -0.39 is 5.82 Å². The zero-order valence-electron chi connectivity index (χ0n) is 22.9. The van der Waals surface area contributed by atoms with Crippen LogP contribution in [0, 0.1) is 5.82 Å². The number of hydrogen-bond donors (Lipinski definition) is 1. The molecule has 0 saturated carbocycles. The van der Waals surface area contributed by atoms with Crippen molar-refractivity contribution in [3.63, 3.8) is 0 Å². The van der Waals surface area contributed by atoms with Crippen LogP contribution in [0.5, 0.6) is 17.2 Å². The summed E-state index contributed by atoms with van der Waals surface area (Å²) in [6.45, 7) is 7.96. The van der Waals surface area contributed by atoms with Gasteiger partial charge in [-0.1, -0.05) is 12.1 Å². The summed E-state index contributed by atoms with van der Waals surface area (Å²) in [4.78, 5) is 5.89. The molecule has 2 saturated heterocycles. The van der Waals surface area contributed by atoms with Crippen molar-refractivity contribution in [1.29, 1.82) is 0 Å². The molecule has 0 aliphatic carbocycles. The Kier molecular flexibility index (Phi) is 8.51. The van der Waals surface area contributed by atoms with Crippen LogP contribution >= 0.6 is 11.3 Å². The molecule has 0 unspecified atom stereocenters. The van der Waals surface area contributed by atoms with E-state index in [4.69, 9.17) is 9.47 Å². The number of halogens is 1. The maximum Gasteiger partial charge on any atom is 0.182 e. The van der Waals surface area contributed by atoms with E-state index in [1.54, 1.807) is 0 Å². The van der Waals surface area contributed by atoms with Crippen LogP contribution in [-0.2, 0) is 6.42 Å². The van der Waals surface area contributed by atoms with Gasteiger partial charge in [0.25, 0.3) is 0 Å². The standard InChI is InChI=1S/C33H37FN2O3S/c34-31-30(37)14-13-28-29(23-24-5-9-26(10-6-24)38-21-19-35-15-1-2-16-35)32(40-33(28)31)25-7-11-27(12-8-25)39-22-20-36-17-3-4-18-36/h5-14,37H,1-4,15-23H2. The molecule has 0 spiro atoms. The summed E-state index contributed by atoms with van der Waals surface area (Å²) in [5.74, 6) is 0.840. The fourth-order valence-electron chi connectivity index (χ4n) is 5.79. The summed E-state index contributed by atoms with van der Waals surface area (Å²) in [6.07, 6.45) is 5.78. The average molecular weight is 561 g/mol. The fourth-order valence-corrected chi connectivity index (χ4v) is 7.04. The second-order valence-corrected chi connectivity index (χ2v) is 11.8. The van der Waals surface area contributed by atoms with Crippen LogP contribution in [0.3, 0.4) is 0 Å². The normalized spacial score (nSPS) is 16.2. The first-order valence-corrected chi connectivity index (χ1v) is 15.3. The maximum atomic E-state index is 15.0. The van der Waals surface area contributed by atoms with Gasteiger partial charge in [-0.05, 0) is 129 Å². The fraction of sp³-hybridized carbons (Fsp3) is 0.394. The number of phenolic OH excluding ortho intramolecular Hbond substituents is 1. The highest BCUT2D eigenvalue weighted by Gasteiger charge is 2.19. The number of aromatic hydroxyl groups is 1. The first-order valence-electron chi connectivity index (χ1n) is 14.5. The SMILES string of the molecule is Oc1ccc2c(Cc3ccc(OCCN4CCCC4)cc3)c(-c3ccc(OCCN4CCCC4)cc3)sc2c1F. The third-order valence-corrected chi connectivity index (χ3v) is 9.34. The van der Waals surface area contributed by atoms with Crippen LogP contribution in [0.1, 0.15) is 36.8 Å². The monoisotopic (exact) mass is 560 g/mol. The van der Waals surface area contributed by atoms with Crippen molar-refractivity contribution in [3.8, 4) is 27.7 Å². The van der Waals surface area contributed by atoms with Crippen molar-refractivity contribution < 1.29 is 19.0 Å². The predicted octanol–water partition coefficient (Wildman–Crippen LogP) is 6.95. The Morgan fingerprint density at radius 3 is 1.85 bits per heavy atom. The average Bonchev–Trinajstić information content (AvgIpc) is 3.75. The van der Waals surface area contributed by atoms with Crippen molar-refractivity contribution in [2.24, 2.45) is 0 Å². The van der Waals surface area contributed by atoms with Crippen molar-refractivity contribution in [2.45, 2.75) is 32.1 Å². The molecule has 0 amide bonds. The molecule has 3 heterocycles. The lowest BCUT2D eigenvalue weighted by Crippen LogP contribution is -2.25.